The summed E-state index contributed by atoms with van der Waals surface area (Å²) in [4.78, 5) is 0. The molecule has 1 aliphatic rings. The van der Waals surface area contributed by atoms with Crippen molar-refractivity contribution in [2.75, 3.05) is 0 Å². The smallest absolute Gasteiger partial charge is 1.00 e. The molecule has 50 heavy (non-hydrogen) atoms. The third-order valence-corrected chi connectivity index (χ3v) is 10.3. The van der Waals surface area contributed by atoms with E-state index in [1.54, 1.807) is 28.9 Å². The van der Waals surface area contributed by atoms with Gasteiger partial charge in [0.15, 0.2) is 0 Å². The van der Waals surface area contributed by atoms with Crippen molar-refractivity contribution >= 4 is 27.0 Å². The largest absolute Gasteiger partial charge is 1.00 e. The zero-order valence-corrected chi connectivity index (χ0v) is 36.1. The van der Waals surface area contributed by atoms with E-state index in [1.165, 1.54) is 99.0 Å². The first-order chi connectivity index (χ1) is 23.2. The van der Waals surface area contributed by atoms with Gasteiger partial charge in [0, 0.05) is 0 Å². The molecular weight excluding hydrogens is 743 g/mol. The quantitative estimate of drug-likeness (QED) is 0.113. The average Bonchev–Trinajstić information content (AvgIpc) is 3.87. The molecule has 0 aliphatic heterocycles. The molecule has 0 bridgehead atoms. The van der Waals surface area contributed by atoms with Gasteiger partial charge in [-0.2, -0.15) is 12.1 Å². The number of halogens is 2. The molecule has 1 fully saturated rings. The zero-order chi connectivity index (χ0) is 34.2. The first kappa shape index (κ1) is 42.2. The molecule has 2 atom stereocenters. The molecular formula is C46H54Cl2SiZr-2. The van der Waals surface area contributed by atoms with Gasteiger partial charge in [0.05, 0.1) is 0 Å². The van der Waals surface area contributed by atoms with Crippen molar-refractivity contribution < 1.29 is 48.1 Å². The second-order valence-corrected chi connectivity index (χ2v) is 23.7. The summed E-state index contributed by atoms with van der Waals surface area (Å²) in [6.45, 7) is 15.9. The van der Waals surface area contributed by atoms with Gasteiger partial charge in [-0.25, -0.2) is 0 Å². The van der Waals surface area contributed by atoms with E-state index >= 15 is 0 Å². The Morgan fingerprint density at radius 1 is 0.660 bits per heavy atom. The predicted molar refractivity (Wildman–Crippen MR) is 211 cm³/mol. The summed E-state index contributed by atoms with van der Waals surface area (Å²) in [6.07, 6.45) is 7.93. The Bertz CT molecular complexity index is 1920. The molecule has 7 rings (SSSR count). The Hall–Kier alpha value is -2.22. The van der Waals surface area contributed by atoms with Crippen LogP contribution in [-0.4, -0.2) is 5.43 Å². The van der Waals surface area contributed by atoms with Crippen LogP contribution in [0.5, 0.6) is 0 Å². The fourth-order valence-electron chi connectivity index (χ4n) is 7.09. The Morgan fingerprint density at radius 3 is 1.52 bits per heavy atom. The third-order valence-electron chi connectivity index (χ3n) is 10.3. The van der Waals surface area contributed by atoms with E-state index in [1.807, 2.05) is 0 Å². The van der Waals surface area contributed by atoms with E-state index in [2.05, 4.69) is 157 Å². The molecule has 0 heterocycles. The summed E-state index contributed by atoms with van der Waals surface area (Å²) < 4.78 is 0. The monoisotopic (exact) mass is 794 g/mol. The van der Waals surface area contributed by atoms with Gasteiger partial charge in [0.25, 0.3) is 0 Å². The maximum Gasteiger partial charge on any atom is -1.00 e. The SMILES string of the molecule is CCC(C)c1ccc(-c2cccc3[cH-]c(C)cc23)cc1.CCC(C)c1ccc(-c2cccc3[cH-]c(C4CCCC4)cc23)cc1.C[Si](C)=[Zr+2].[Cl-].[Cl-]. The van der Waals surface area contributed by atoms with E-state index in [4.69, 9.17) is 0 Å². The van der Waals surface area contributed by atoms with E-state index in [0.29, 0.717) is 11.8 Å². The molecule has 0 spiro atoms. The predicted octanol–water partition coefficient (Wildman–Crippen LogP) is 8.24. The van der Waals surface area contributed by atoms with Crippen LogP contribution in [0.25, 0.3) is 43.8 Å². The van der Waals surface area contributed by atoms with Crippen molar-refractivity contribution in [2.24, 2.45) is 0 Å². The van der Waals surface area contributed by atoms with Crippen LogP contribution in [0, 0.1) is 6.92 Å². The summed E-state index contributed by atoms with van der Waals surface area (Å²) in [5.41, 5.74) is 11.4. The van der Waals surface area contributed by atoms with Crippen molar-refractivity contribution in [1.82, 2.24) is 0 Å². The summed E-state index contributed by atoms with van der Waals surface area (Å²) >= 11 is 1.74. The Balaban J connectivity index is 0.000000239. The van der Waals surface area contributed by atoms with Gasteiger partial charge >= 0.3 is 41.9 Å². The van der Waals surface area contributed by atoms with E-state index in [9.17, 15) is 0 Å². The number of hydrogen-bond donors (Lipinski definition) is 0. The fourth-order valence-corrected chi connectivity index (χ4v) is 7.09. The second kappa shape index (κ2) is 20.1. The molecule has 262 valence electrons. The Labute approximate surface area is 330 Å². The number of rotatable bonds is 7. The van der Waals surface area contributed by atoms with E-state index in [0.717, 1.165) is 5.92 Å². The first-order valence-electron chi connectivity index (χ1n) is 18.3. The third kappa shape index (κ3) is 10.7. The van der Waals surface area contributed by atoms with Gasteiger partial charge in [-0.1, -0.05) is 119 Å². The number of benzene rings is 4. The molecule has 2 unspecified atom stereocenters. The minimum absolute atomic E-state index is 0. The van der Waals surface area contributed by atoms with Crippen molar-refractivity contribution in [3.63, 3.8) is 0 Å². The van der Waals surface area contributed by atoms with Gasteiger partial charge in [-0.3, -0.25) is 0 Å². The van der Waals surface area contributed by atoms with Crippen LogP contribution in [0.15, 0.2) is 109 Å². The number of fused-ring (bicyclic) bond motifs is 2. The minimum atomic E-state index is 0. The summed E-state index contributed by atoms with van der Waals surface area (Å²) in [7, 11) is 0. The summed E-state index contributed by atoms with van der Waals surface area (Å²) in [6, 6.07) is 41.1. The fraction of sp³-hybridized carbons (Fsp3) is 0.348. The molecule has 6 aromatic rings. The van der Waals surface area contributed by atoms with Crippen LogP contribution in [0.4, 0.5) is 0 Å². The molecule has 0 amide bonds. The van der Waals surface area contributed by atoms with Crippen molar-refractivity contribution in [3.8, 4) is 22.3 Å². The molecule has 1 aliphatic carbocycles. The topological polar surface area (TPSA) is 0 Å². The number of aryl methyl sites for hydroxylation is 1. The van der Waals surface area contributed by atoms with Gasteiger partial charge < -0.3 is 24.8 Å². The van der Waals surface area contributed by atoms with E-state index < -0.39 is 0 Å². The van der Waals surface area contributed by atoms with Crippen LogP contribution in [0.3, 0.4) is 0 Å². The first-order valence-corrected chi connectivity index (χ1v) is 24.4. The van der Waals surface area contributed by atoms with Crippen molar-refractivity contribution in [2.45, 2.75) is 104 Å². The maximum absolute atomic E-state index is 2.46. The van der Waals surface area contributed by atoms with Crippen molar-refractivity contribution in [1.29, 1.82) is 0 Å². The van der Waals surface area contributed by atoms with Gasteiger partial charge in [-0.15, -0.1) is 69.1 Å². The van der Waals surface area contributed by atoms with Crippen LogP contribution < -0.4 is 24.8 Å². The minimum Gasteiger partial charge on any atom is -1.00 e. The van der Waals surface area contributed by atoms with Crippen LogP contribution in [0.2, 0.25) is 13.1 Å². The number of hydrogen-bond acceptors (Lipinski definition) is 0. The normalized spacial score (nSPS) is 13.7. The Morgan fingerprint density at radius 2 is 1.08 bits per heavy atom. The Kier molecular flexibility index (Phi) is 17.0. The molecule has 0 aromatic heterocycles. The molecule has 4 heteroatoms. The molecule has 1 saturated carbocycles. The van der Waals surface area contributed by atoms with Crippen LogP contribution >= 0.6 is 0 Å². The molecule has 0 nitrogen and oxygen atoms in total. The average molecular weight is 797 g/mol. The van der Waals surface area contributed by atoms with Gasteiger partial charge in [0.2, 0.25) is 0 Å². The molecule has 6 aromatic carbocycles. The second-order valence-electron chi connectivity index (χ2n) is 14.3. The van der Waals surface area contributed by atoms with Gasteiger partial charge in [-0.05, 0) is 65.7 Å². The maximum atomic E-state index is 2.46. The summed E-state index contributed by atoms with van der Waals surface area (Å²) in [5.74, 6) is 2.07. The molecule has 0 radical (unpaired) electrons. The van der Waals surface area contributed by atoms with Crippen molar-refractivity contribution in [3.05, 3.63) is 131 Å². The van der Waals surface area contributed by atoms with Gasteiger partial charge in [0.1, 0.15) is 0 Å². The summed E-state index contributed by atoms with van der Waals surface area (Å²) in [5, 5.41) is 5.53. The molecule has 0 saturated heterocycles. The van der Waals surface area contributed by atoms with E-state index in [-0.39, 0.29) is 30.2 Å². The zero-order valence-electron chi connectivity index (χ0n) is 31.1. The van der Waals surface area contributed by atoms with Crippen LogP contribution in [0.1, 0.15) is 106 Å². The van der Waals surface area contributed by atoms with Crippen LogP contribution in [-0.2, 0) is 23.3 Å². The molecule has 0 N–H and O–H groups in total. The standard InChI is InChI=1S/C24H27.C20H21.C2H6Si.2ClH.Zr/c1-3-17(2)18-11-13-20(14-12-18)23-10-6-9-21-15-22(16-24(21)23)19-7-4-5-8-19;1-4-15(3)16-8-10-17(11-9-16)19-7-5-6-18-12-14(2)13-20(18)19;1-3-2;;;/h6,9-17,19H,3-5,7-8H2,1-2H3;5-13,15H,4H2,1-3H3;1-2H3;2*1H;/q2*-1;;;;+2/p-2.